The van der Waals surface area contributed by atoms with Crippen LogP contribution in [0.1, 0.15) is 6.92 Å². The van der Waals surface area contributed by atoms with Crippen LogP contribution in [-0.4, -0.2) is 10.9 Å². The van der Waals surface area contributed by atoms with Gasteiger partial charge in [0.15, 0.2) is 0 Å². The maximum atomic E-state index is 11.0. The molecule has 3 nitrogen and oxygen atoms in total. The van der Waals surface area contributed by atoms with E-state index in [9.17, 15) is 4.79 Å². The highest BCUT2D eigenvalue weighted by Gasteiger charge is 2.05. The number of pyridine rings is 1. The molecule has 0 aliphatic carbocycles. The van der Waals surface area contributed by atoms with E-state index in [1.807, 2.05) is 24.3 Å². The fraction of sp³-hybridized carbons (Fsp3) is 0.0909. The Labute approximate surface area is 95.6 Å². The first-order valence-corrected chi connectivity index (χ1v) is 5.28. The molecule has 76 valence electrons. The van der Waals surface area contributed by atoms with Crippen molar-refractivity contribution < 1.29 is 4.79 Å². The van der Waals surface area contributed by atoms with Gasteiger partial charge in [-0.15, -0.1) is 0 Å². The summed E-state index contributed by atoms with van der Waals surface area (Å²) in [5.74, 6) is -0.0933. The Morgan fingerprint density at radius 3 is 2.93 bits per heavy atom. The third-order valence-electron chi connectivity index (χ3n) is 2.03. The lowest BCUT2D eigenvalue weighted by atomic mass is 10.2. The molecule has 1 N–H and O–H groups in total. The monoisotopic (exact) mass is 264 g/mol. The molecule has 0 unspecified atom stereocenters. The lowest BCUT2D eigenvalue weighted by molar-refractivity contribution is -0.114. The van der Waals surface area contributed by atoms with Crippen molar-refractivity contribution in [2.75, 3.05) is 5.32 Å². The molecular weight excluding hydrogens is 256 g/mol. The highest BCUT2D eigenvalue weighted by atomic mass is 79.9. The number of carbonyl (C=O) groups is 1. The van der Waals surface area contributed by atoms with Crippen LogP contribution in [0.25, 0.3) is 10.9 Å². The maximum Gasteiger partial charge on any atom is 0.221 e. The zero-order chi connectivity index (χ0) is 10.8. The Hall–Kier alpha value is -1.42. The molecule has 0 atom stereocenters. The van der Waals surface area contributed by atoms with E-state index in [0.717, 1.165) is 21.1 Å². The largest absolute Gasteiger partial charge is 0.324 e. The average Bonchev–Trinajstić information content (AvgIpc) is 2.22. The summed E-state index contributed by atoms with van der Waals surface area (Å²) in [6.45, 7) is 1.48. The van der Waals surface area contributed by atoms with E-state index in [0.29, 0.717) is 0 Å². The number of aromatic nitrogens is 1. The predicted octanol–water partition coefficient (Wildman–Crippen LogP) is 2.96. The van der Waals surface area contributed by atoms with E-state index < -0.39 is 0 Å². The van der Waals surface area contributed by atoms with Crippen molar-refractivity contribution in [3.63, 3.8) is 0 Å². The van der Waals surface area contributed by atoms with E-state index in [4.69, 9.17) is 0 Å². The average molecular weight is 265 g/mol. The molecule has 4 heteroatoms. The van der Waals surface area contributed by atoms with Crippen molar-refractivity contribution in [1.82, 2.24) is 4.98 Å². The number of carbonyl (C=O) groups excluding carboxylic acids is 1. The molecule has 1 aromatic carbocycles. The van der Waals surface area contributed by atoms with Gasteiger partial charge in [-0.1, -0.05) is 22.0 Å². The van der Waals surface area contributed by atoms with Gasteiger partial charge < -0.3 is 5.32 Å². The summed E-state index contributed by atoms with van der Waals surface area (Å²) in [4.78, 5) is 15.2. The van der Waals surface area contributed by atoms with Crippen LogP contribution in [0.2, 0.25) is 0 Å². The number of hydrogen-bond donors (Lipinski definition) is 1. The molecule has 0 saturated carbocycles. The van der Waals surface area contributed by atoms with Crippen LogP contribution in [-0.2, 0) is 4.79 Å². The molecule has 0 fully saturated rings. The predicted molar refractivity (Wildman–Crippen MR) is 63.7 cm³/mol. The van der Waals surface area contributed by atoms with Crippen molar-refractivity contribution in [2.24, 2.45) is 0 Å². The summed E-state index contributed by atoms with van der Waals surface area (Å²) >= 11 is 3.44. The first-order valence-electron chi connectivity index (χ1n) is 4.49. The molecule has 1 heterocycles. The van der Waals surface area contributed by atoms with Gasteiger partial charge in [0.25, 0.3) is 0 Å². The highest BCUT2D eigenvalue weighted by molar-refractivity contribution is 9.10. The first kappa shape index (κ1) is 10.1. The molecule has 0 spiro atoms. The van der Waals surface area contributed by atoms with Crippen LogP contribution in [0.15, 0.2) is 34.9 Å². The number of halogens is 1. The van der Waals surface area contributed by atoms with Gasteiger partial charge in [0.2, 0.25) is 5.91 Å². The van der Waals surface area contributed by atoms with Gasteiger partial charge in [-0.3, -0.25) is 9.78 Å². The minimum Gasteiger partial charge on any atom is -0.324 e. The number of nitrogens with one attached hydrogen (secondary N) is 1. The van der Waals surface area contributed by atoms with Gasteiger partial charge in [0.1, 0.15) is 0 Å². The molecule has 0 aliphatic heterocycles. The molecular formula is C11H9BrN2O. The first-order chi connectivity index (χ1) is 7.18. The quantitative estimate of drug-likeness (QED) is 0.861. The van der Waals surface area contributed by atoms with E-state index in [1.165, 1.54) is 6.92 Å². The van der Waals surface area contributed by atoms with Crippen LogP contribution in [0.4, 0.5) is 5.69 Å². The summed E-state index contributed by atoms with van der Waals surface area (Å²) in [6.07, 6.45) is 1.71. The summed E-state index contributed by atoms with van der Waals surface area (Å²) in [7, 11) is 0. The molecule has 0 saturated heterocycles. The molecule has 1 amide bonds. The van der Waals surface area contributed by atoms with E-state index in [-0.39, 0.29) is 5.91 Å². The van der Waals surface area contributed by atoms with Gasteiger partial charge in [-0.05, 0) is 18.2 Å². The van der Waals surface area contributed by atoms with Gasteiger partial charge in [0.05, 0.1) is 11.2 Å². The highest BCUT2D eigenvalue weighted by Crippen LogP contribution is 2.28. The lowest BCUT2D eigenvalue weighted by Gasteiger charge is -2.06. The fourth-order valence-electron chi connectivity index (χ4n) is 1.43. The Morgan fingerprint density at radius 2 is 2.20 bits per heavy atom. The summed E-state index contributed by atoms with van der Waals surface area (Å²) in [5.41, 5.74) is 1.53. The molecule has 1 aromatic heterocycles. The minimum atomic E-state index is -0.0933. The van der Waals surface area contributed by atoms with Crippen LogP contribution >= 0.6 is 15.9 Å². The lowest BCUT2D eigenvalue weighted by Crippen LogP contribution is -2.06. The van der Waals surface area contributed by atoms with Crippen molar-refractivity contribution in [2.45, 2.75) is 6.92 Å². The van der Waals surface area contributed by atoms with Gasteiger partial charge >= 0.3 is 0 Å². The number of nitrogens with zero attached hydrogens (tertiary/aromatic N) is 1. The van der Waals surface area contributed by atoms with Gasteiger partial charge in [-0.25, -0.2) is 0 Å². The number of rotatable bonds is 1. The van der Waals surface area contributed by atoms with E-state index in [2.05, 4.69) is 26.2 Å². The smallest absolute Gasteiger partial charge is 0.221 e. The second-order valence-corrected chi connectivity index (χ2v) is 4.03. The Balaban J connectivity index is 2.66. The Kier molecular flexibility index (Phi) is 2.68. The SMILES string of the molecule is CC(=O)Nc1ccc(Br)c2cccnc12. The second kappa shape index (κ2) is 3.98. The molecule has 2 aromatic rings. The minimum absolute atomic E-state index is 0.0933. The van der Waals surface area contributed by atoms with Crippen LogP contribution in [0.3, 0.4) is 0 Å². The number of fused-ring (bicyclic) bond motifs is 1. The molecule has 0 aliphatic rings. The van der Waals surface area contributed by atoms with Crippen molar-refractivity contribution >= 4 is 38.4 Å². The van der Waals surface area contributed by atoms with Crippen molar-refractivity contribution in [1.29, 1.82) is 0 Å². The molecule has 0 bridgehead atoms. The van der Waals surface area contributed by atoms with Crippen LogP contribution < -0.4 is 5.32 Å². The summed E-state index contributed by atoms with van der Waals surface area (Å²) < 4.78 is 0.972. The van der Waals surface area contributed by atoms with Crippen LogP contribution in [0, 0.1) is 0 Å². The molecule has 2 rings (SSSR count). The maximum absolute atomic E-state index is 11.0. The van der Waals surface area contributed by atoms with Gasteiger partial charge in [-0.2, -0.15) is 0 Å². The zero-order valence-electron chi connectivity index (χ0n) is 8.12. The molecule has 15 heavy (non-hydrogen) atoms. The van der Waals surface area contributed by atoms with E-state index >= 15 is 0 Å². The normalized spacial score (nSPS) is 10.3. The van der Waals surface area contributed by atoms with Crippen molar-refractivity contribution in [3.8, 4) is 0 Å². The third-order valence-corrected chi connectivity index (χ3v) is 2.72. The van der Waals surface area contributed by atoms with E-state index in [1.54, 1.807) is 6.20 Å². The second-order valence-electron chi connectivity index (χ2n) is 3.18. The van der Waals surface area contributed by atoms with Crippen molar-refractivity contribution in [3.05, 3.63) is 34.9 Å². The third kappa shape index (κ3) is 1.99. The summed E-state index contributed by atoms with van der Waals surface area (Å²) in [6, 6.07) is 7.55. The standard InChI is InChI=1S/C11H9BrN2O/c1-7(15)14-10-5-4-9(12)8-3-2-6-13-11(8)10/h2-6H,1H3,(H,14,15). The number of hydrogen-bond acceptors (Lipinski definition) is 2. The Morgan fingerprint density at radius 1 is 1.40 bits per heavy atom. The fourth-order valence-corrected chi connectivity index (χ4v) is 1.88. The number of amides is 1. The van der Waals surface area contributed by atoms with Gasteiger partial charge in [0, 0.05) is 23.0 Å². The van der Waals surface area contributed by atoms with Crippen LogP contribution in [0.5, 0.6) is 0 Å². The zero-order valence-corrected chi connectivity index (χ0v) is 9.71. The number of anilines is 1. The Bertz CT molecular complexity index is 525. The summed E-state index contributed by atoms with van der Waals surface area (Å²) in [5, 5.41) is 3.74. The topological polar surface area (TPSA) is 42.0 Å². The molecule has 0 radical (unpaired) electrons. The number of benzene rings is 1.